The lowest BCUT2D eigenvalue weighted by Gasteiger charge is -2.15. The predicted octanol–water partition coefficient (Wildman–Crippen LogP) is 6.68. The number of thioether (sulfide) groups is 1. The monoisotopic (exact) mass is 758 g/mol. The van der Waals surface area contributed by atoms with Crippen molar-refractivity contribution in [2.45, 2.75) is 18.7 Å². The van der Waals surface area contributed by atoms with Crippen molar-refractivity contribution >= 4 is 84.1 Å². The van der Waals surface area contributed by atoms with Crippen molar-refractivity contribution in [1.82, 2.24) is 4.90 Å². The van der Waals surface area contributed by atoms with Gasteiger partial charge in [-0.2, -0.15) is 8.42 Å². The molecule has 0 spiro atoms. The third kappa shape index (κ3) is 7.60. The number of carbonyl (C=O) groups excluding carboxylic acids is 3. The highest BCUT2D eigenvalue weighted by Crippen LogP contribution is 2.39. The molecule has 13 heteroatoms. The van der Waals surface area contributed by atoms with Gasteiger partial charge in [0.2, 0.25) is 5.91 Å². The number of imide groups is 1. The zero-order chi connectivity index (χ0) is 32.1. The molecule has 1 saturated heterocycles. The molecule has 1 aliphatic heterocycles. The van der Waals surface area contributed by atoms with Crippen LogP contribution in [0.5, 0.6) is 17.2 Å². The van der Waals surface area contributed by atoms with Gasteiger partial charge in [0.15, 0.2) is 11.5 Å². The minimum atomic E-state index is -4.26. The Labute approximate surface area is 278 Å². The van der Waals surface area contributed by atoms with Crippen molar-refractivity contribution < 1.29 is 36.5 Å². The molecule has 0 saturated carbocycles. The molecule has 0 aromatic heterocycles. The Morgan fingerprint density at radius 3 is 2.44 bits per heavy atom. The molecular formula is C32H27IN2O8S2. The van der Waals surface area contributed by atoms with E-state index in [0.717, 1.165) is 27.4 Å². The number of hydrogen-bond donors (Lipinski definition) is 1. The van der Waals surface area contributed by atoms with Gasteiger partial charge in [0.25, 0.3) is 11.1 Å². The molecule has 0 bridgehead atoms. The SMILES string of the molecule is CCOc1cc(/C=C2\SC(=O)N(CCOc3cccc4ccccc34)C2=O)cc(I)c1OS(=O)(=O)c1ccc(NC(C)=O)cc1. The standard InChI is InChI=1S/C32H27IN2O8S2/c1-3-41-28-18-21(17-26(33)30(28)43-45(39,40)24-13-11-23(12-14-24)34-20(2)36)19-29-31(37)35(32(38)44-29)15-16-42-27-10-6-8-22-7-4-5-9-25(22)27/h4-14,17-19H,3,15-16H2,1-2H3,(H,34,36)/b29-19-. The van der Waals surface area contributed by atoms with Crippen molar-refractivity contribution in [3.8, 4) is 17.2 Å². The fraction of sp³-hybridized carbons (Fsp3) is 0.156. The lowest BCUT2D eigenvalue weighted by atomic mass is 10.1. The number of halogens is 1. The topological polar surface area (TPSA) is 128 Å². The van der Waals surface area contributed by atoms with Crippen LogP contribution < -0.4 is 19.0 Å². The fourth-order valence-electron chi connectivity index (χ4n) is 4.49. The number of ether oxygens (including phenoxy) is 2. The molecule has 1 aliphatic rings. The lowest BCUT2D eigenvalue weighted by Crippen LogP contribution is -2.32. The van der Waals surface area contributed by atoms with Crippen LogP contribution in [0.3, 0.4) is 0 Å². The zero-order valence-corrected chi connectivity index (χ0v) is 27.9. The highest BCUT2D eigenvalue weighted by Gasteiger charge is 2.35. The van der Waals surface area contributed by atoms with E-state index in [1.165, 1.54) is 31.2 Å². The van der Waals surface area contributed by atoms with Gasteiger partial charge in [0, 0.05) is 18.0 Å². The average molecular weight is 759 g/mol. The first kappa shape index (κ1) is 32.3. The third-order valence-corrected chi connectivity index (χ3v) is 9.43. The maximum absolute atomic E-state index is 13.2. The summed E-state index contributed by atoms with van der Waals surface area (Å²) in [6.07, 6.45) is 1.56. The second kappa shape index (κ2) is 13.9. The highest BCUT2D eigenvalue weighted by molar-refractivity contribution is 14.1. The summed E-state index contributed by atoms with van der Waals surface area (Å²) in [6, 6.07) is 22.2. The van der Waals surface area contributed by atoms with Crippen molar-refractivity contribution in [1.29, 1.82) is 0 Å². The van der Waals surface area contributed by atoms with Crippen LogP contribution in [0.4, 0.5) is 10.5 Å². The summed E-state index contributed by atoms with van der Waals surface area (Å²) in [5.41, 5.74) is 0.960. The van der Waals surface area contributed by atoms with Crippen molar-refractivity contribution in [2.24, 2.45) is 0 Å². The Bertz CT molecular complexity index is 1920. The Morgan fingerprint density at radius 2 is 1.71 bits per heavy atom. The molecule has 232 valence electrons. The number of hydrogen-bond acceptors (Lipinski definition) is 9. The van der Waals surface area contributed by atoms with Crippen LogP contribution in [0, 0.1) is 3.57 Å². The molecule has 45 heavy (non-hydrogen) atoms. The zero-order valence-electron chi connectivity index (χ0n) is 24.1. The Hall–Kier alpha value is -4.08. The second-order valence-corrected chi connectivity index (χ2v) is 13.4. The largest absolute Gasteiger partial charge is 0.491 e. The van der Waals surface area contributed by atoms with E-state index in [0.29, 0.717) is 20.6 Å². The van der Waals surface area contributed by atoms with Gasteiger partial charge >= 0.3 is 10.1 Å². The van der Waals surface area contributed by atoms with Crippen LogP contribution >= 0.6 is 34.4 Å². The summed E-state index contributed by atoms with van der Waals surface area (Å²) >= 11 is 2.74. The normalized spacial score (nSPS) is 14.2. The van der Waals surface area contributed by atoms with E-state index in [-0.39, 0.29) is 47.0 Å². The molecule has 4 aromatic carbocycles. The van der Waals surface area contributed by atoms with Crippen LogP contribution in [0.2, 0.25) is 0 Å². The van der Waals surface area contributed by atoms with Crippen LogP contribution in [-0.4, -0.2) is 50.1 Å². The van der Waals surface area contributed by atoms with E-state index in [9.17, 15) is 22.8 Å². The number of anilines is 1. The van der Waals surface area contributed by atoms with Gasteiger partial charge in [0.05, 0.1) is 21.6 Å². The van der Waals surface area contributed by atoms with Gasteiger partial charge in [-0.15, -0.1) is 0 Å². The van der Waals surface area contributed by atoms with Crippen molar-refractivity contribution in [2.75, 3.05) is 25.1 Å². The summed E-state index contributed by atoms with van der Waals surface area (Å²) in [6.45, 7) is 3.51. The summed E-state index contributed by atoms with van der Waals surface area (Å²) in [5.74, 6) is 0.0645. The summed E-state index contributed by atoms with van der Waals surface area (Å²) < 4.78 is 43.7. The van der Waals surface area contributed by atoms with Crippen LogP contribution in [0.1, 0.15) is 19.4 Å². The van der Waals surface area contributed by atoms with E-state index in [4.69, 9.17) is 13.7 Å². The van der Waals surface area contributed by atoms with Crippen LogP contribution in [-0.2, 0) is 19.7 Å². The van der Waals surface area contributed by atoms with Crippen LogP contribution in [0.25, 0.3) is 16.8 Å². The summed E-state index contributed by atoms with van der Waals surface area (Å²) in [5, 5.41) is 4.13. The average Bonchev–Trinajstić information content (AvgIpc) is 3.26. The molecule has 0 atom stereocenters. The molecule has 3 amide bonds. The van der Waals surface area contributed by atoms with E-state index in [1.54, 1.807) is 25.1 Å². The van der Waals surface area contributed by atoms with E-state index < -0.39 is 21.3 Å². The number of benzene rings is 4. The minimum Gasteiger partial charge on any atom is -0.491 e. The molecule has 1 N–H and O–H groups in total. The highest BCUT2D eigenvalue weighted by atomic mass is 127. The molecule has 4 aromatic rings. The first-order valence-corrected chi connectivity index (χ1v) is 17.0. The van der Waals surface area contributed by atoms with Gasteiger partial charge in [-0.05, 0) is 101 Å². The third-order valence-electron chi connectivity index (χ3n) is 6.48. The van der Waals surface area contributed by atoms with Crippen LogP contribution in [0.15, 0.2) is 88.7 Å². The fourth-order valence-corrected chi connectivity index (χ4v) is 7.20. The Morgan fingerprint density at radius 1 is 0.978 bits per heavy atom. The number of rotatable bonds is 11. The number of amides is 3. The minimum absolute atomic E-state index is 0.0146. The molecule has 10 nitrogen and oxygen atoms in total. The van der Waals surface area contributed by atoms with Gasteiger partial charge in [-0.1, -0.05) is 36.4 Å². The maximum Gasteiger partial charge on any atom is 0.339 e. The first-order chi connectivity index (χ1) is 21.6. The number of carbonyl (C=O) groups is 3. The smallest absolute Gasteiger partial charge is 0.339 e. The first-order valence-electron chi connectivity index (χ1n) is 13.7. The second-order valence-electron chi connectivity index (χ2n) is 9.67. The Balaban J connectivity index is 1.31. The van der Waals surface area contributed by atoms with Gasteiger partial charge in [-0.25, -0.2) is 0 Å². The molecule has 0 radical (unpaired) electrons. The van der Waals surface area contributed by atoms with Gasteiger partial charge in [-0.3, -0.25) is 19.3 Å². The molecule has 1 fully saturated rings. The summed E-state index contributed by atoms with van der Waals surface area (Å²) in [4.78, 5) is 38.4. The van der Waals surface area contributed by atoms with Crippen molar-refractivity contribution in [3.63, 3.8) is 0 Å². The van der Waals surface area contributed by atoms with E-state index >= 15 is 0 Å². The van der Waals surface area contributed by atoms with Gasteiger partial charge < -0.3 is 19.0 Å². The van der Waals surface area contributed by atoms with Gasteiger partial charge in [0.1, 0.15) is 17.3 Å². The lowest BCUT2D eigenvalue weighted by molar-refractivity contribution is -0.123. The summed E-state index contributed by atoms with van der Waals surface area (Å²) in [7, 11) is -4.26. The van der Waals surface area contributed by atoms with Crippen molar-refractivity contribution in [3.05, 3.63) is 92.9 Å². The molecular weight excluding hydrogens is 731 g/mol. The molecule has 1 heterocycles. The Kier molecular flexibility index (Phi) is 9.99. The predicted molar refractivity (Wildman–Crippen MR) is 181 cm³/mol. The number of fused-ring (bicyclic) bond motifs is 1. The quantitative estimate of drug-likeness (QED) is 0.101. The number of nitrogens with one attached hydrogen (secondary N) is 1. The van der Waals surface area contributed by atoms with E-state index in [1.807, 2.05) is 65.1 Å². The molecule has 0 aliphatic carbocycles. The maximum atomic E-state index is 13.2. The number of nitrogens with zero attached hydrogens (tertiary/aromatic N) is 1. The van der Waals surface area contributed by atoms with E-state index in [2.05, 4.69) is 5.32 Å². The molecule has 5 rings (SSSR count). The molecule has 0 unspecified atom stereocenters.